The summed E-state index contributed by atoms with van der Waals surface area (Å²) in [5, 5.41) is 0. The molecule has 0 aromatic heterocycles. The van der Waals surface area contributed by atoms with Crippen molar-refractivity contribution in [2.45, 2.75) is 66.2 Å². The van der Waals surface area contributed by atoms with Crippen LogP contribution in [0.2, 0.25) is 0 Å². The standard InChI is InChI=1S/C14H31P/c1-12(2)7-5-8-13(3)9-6-10-14(4)11-15/h12-14H,5-11,15H2,1-4H3/t13-,14?/m1/s1. The molecule has 2 unspecified atom stereocenters. The quantitative estimate of drug-likeness (QED) is 0.482. The predicted octanol–water partition coefficient (Wildman–Crippen LogP) is 5.13. The van der Waals surface area contributed by atoms with Crippen LogP contribution in [0.4, 0.5) is 0 Å². The van der Waals surface area contributed by atoms with E-state index in [-0.39, 0.29) is 0 Å². The van der Waals surface area contributed by atoms with Gasteiger partial charge in [0.2, 0.25) is 0 Å². The van der Waals surface area contributed by atoms with Crippen LogP contribution < -0.4 is 0 Å². The lowest BCUT2D eigenvalue weighted by Crippen LogP contribution is -2.00. The second-order valence-electron chi connectivity index (χ2n) is 5.70. The Labute approximate surface area is 99.8 Å². The maximum Gasteiger partial charge on any atom is -0.0355 e. The minimum Gasteiger partial charge on any atom is -0.137 e. The number of rotatable bonds is 9. The second kappa shape index (κ2) is 9.64. The van der Waals surface area contributed by atoms with Crippen molar-refractivity contribution >= 4 is 9.24 Å². The summed E-state index contributed by atoms with van der Waals surface area (Å²) in [6.07, 6.45) is 9.82. The van der Waals surface area contributed by atoms with Crippen molar-refractivity contribution in [3.05, 3.63) is 0 Å². The summed E-state index contributed by atoms with van der Waals surface area (Å²) in [6, 6.07) is 0. The lowest BCUT2D eigenvalue weighted by atomic mass is 9.94. The highest BCUT2D eigenvalue weighted by Gasteiger charge is 2.04. The van der Waals surface area contributed by atoms with Crippen molar-refractivity contribution < 1.29 is 0 Å². The van der Waals surface area contributed by atoms with Crippen molar-refractivity contribution in [1.82, 2.24) is 0 Å². The van der Waals surface area contributed by atoms with Crippen LogP contribution in [0.3, 0.4) is 0 Å². The lowest BCUT2D eigenvalue weighted by Gasteiger charge is -2.13. The Balaban J connectivity index is 3.29. The summed E-state index contributed by atoms with van der Waals surface area (Å²) in [5.41, 5.74) is 0. The monoisotopic (exact) mass is 230 g/mol. The fourth-order valence-electron chi connectivity index (χ4n) is 1.95. The van der Waals surface area contributed by atoms with E-state index in [9.17, 15) is 0 Å². The average Bonchev–Trinajstić information content (AvgIpc) is 2.17. The number of hydrogen-bond donors (Lipinski definition) is 0. The smallest absolute Gasteiger partial charge is 0.0355 e. The molecule has 0 fully saturated rings. The van der Waals surface area contributed by atoms with E-state index in [0.29, 0.717) is 0 Å². The molecular weight excluding hydrogens is 199 g/mol. The average molecular weight is 230 g/mol. The summed E-state index contributed by atoms with van der Waals surface area (Å²) in [4.78, 5) is 0. The van der Waals surface area contributed by atoms with Crippen LogP contribution in [0.25, 0.3) is 0 Å². The van der Waals surface area contributed by atoms with Gasteiger partial charge in [0.15, 0.2) is 0 Å². The van der Waals surface area contributed by atoms with Gasteiger partial charge in [-0.25, -0.2) is 0 Å². The summed E-state index contributed by atoms with van der Waals surface area (Å²) >= 11 is 0. The first-order valence-corrected chi connectivity index (χ1v) is 7.58. The Morgan fingerprint density at radius 1 is 0.733 bits per heavy atom. The molecule has 0 nitrogen and oxygen atoms in total. The van der Waals surface area contributed by atoms with Gasteiger partial charge in [-0.1, -0.05) is 66.2 Å². The van der Waals surface area contributed by atoms with Crippen molar-refractivity contribution in [2.24, 2.45) is 17.8 Å². The first-order chi connectivity index (χ1) is 7.06. The van der Waals surface area contributed by atoms with E-state index in [4.69, 9.17) is 0 Å². The zero-order valence-electron chi connectivity index (χ0n) is 11.3. The molecule has 0 aromatic rings. The van der Waals surface area contributed by atoms with E-state index in [1.807, 2.05) is 0 Å². The molecule has 0 heterocycles. The second-order valence-corrected chi connectivity index (χ2v) is 6.17. The van der Waals surface area contributed by atoms with Crippen molar-refractivity contribution in [3.8, 4) is 0 Å². The molecule has 0 amide bonds. The van der Waals surface area contributed by atoms with Gasteiger partial charge in [-0.3, -0.25) is 0 Å². The maximum atomic E-state index is 2.85. The molecular formula is C14H31P. The topological polar surface area (TPSA) is 0 Å². The predicted molar refractivity (Wildman–Crippen MR) is 75.4 cm³/mol. The molecule has 0 saturated carbocycles. The number of hydrogen-bond acceptors (Lipinski definition) is 0. The van der Waals surface area contributed by atoms with Crippen LogP contribution >= 0.6 is 9.24 Å². The summed E-state index contributed by atoms with van der Waals surface area (Å²) < 4.78 is 0. The minimum atomic E-state index is 0.884. The van der Waals surface area contributed by atoms with E-state index in [1.165, 1.54) is 44.7 Å². The molecule has 0 N–H and O–H groups in total. The maximum absolute atomic E-state index is 2.85. The van der Waals surface area contributed by atoms with Gasteiger partial charge < -0.3 is 0 Å². The van der Waals surface area contributed by atoms with Crippen LogP contribution in [-0.2, 0) is 0 Å². The molecule has 1 heteroatoms. The molecule has 3 atom stereocenters. The molecule has 0 aliphatic rings. The third-order valence-electron chi connectivity index (χ3n) is 3.27. The highest BCUT2D eigenvalue weighted by atomic mass is 31.0. The zero-order valence-corrected chi connectivity index (χ0v) is 12.4. The summed E-state index contributed by atoms with van der Waals surface area (Å²) in [6.45, 7) is 9.43. The van der Waals surface area contributed by atoms with Crippen LogP contribution in [0, 0.1) is 17.8 Å². The molecule has 0 spiro atoms. The van der Waals surface area contributed by atoms with E-state index in [0.717, 1.165) is 17.8 Å². The van der Waals surface area contributed by atoms with Crippen molar-refractivity contribution in [3.63, 3.8) is 0 Å². The molecule has 0 aliphatic carbocycles. The van der Waals surface area contributed by atoms with Gasteiger partial charge in [0.25, 0.3) is 0 Å². The van der Waals surface area contributed by atoms with Gasteiger partial charge in [0.1, 0.15) is 0 Å². The molecule has 15 heavy (non-hydrogen) atoms. The van der Waals surface area contributed by atoms with Gasteiger partial charge in [-0.15, -0.1) is 9.24 Å². The molecule has 0 aliphatic heterocycles. The van der Waals surface area contributed by atoms with Crippen LogP contribution in [0.15, 0.2) is 0 Å². The normalized spacial score (nSPS) is 15.6. The Morgan fingerprint density at radius 2 is 1.20 bits per heavy atom. The molecule has 0 saturated heterocycles. The Hall–Kier alpha value is 0.430. The summed E-state index contributed by atoms with van der Waals surface area (Å²) in [5.74, 6) is 2.73. The van der Waals surface area contributed by atoms with E-state index in [2.05, 4.69) is 36.9 Å². The fraction of sp³-hybridized carbons (Fsp3) is 1.00. The Bertz CT molecular complexity index is 131. The Morgan fingerprint density at radius 3 is 1.67 bits per heavy atom. The first kappa shape index (κ1) is 15.4. The minimum absolute atomic E-state index is 0.884. The SMILES string of the molecule is CC(C)CCC[C@@H](C)CCCC(C)CP. The highest BCUT2D eigenvalue weighted by molar-refractivity contribution is 7.16. The third-order valence-corrected chi connectivity index (χ3v) is 4.08. The van der Waals surface area contributed by atoms with Gasteiger partial charge in [0, 0.05) is 0 Å². The Kier molecular flexibility index (Phi) is 9.92. The molecule has 92 valence electrons. The van der Waals surface area contributed by atoms with Gasteiger partial charge >= 0.3 is 0 Å². The highest BCUT2D eigenvalue weighted by Crippen LogP contribution is 2.19. The van der Waals surface area contributed by atoms with E-state index in [1.54, 1.807) is 0 Å². The van der Waals surface area contributed by atoms with E-state index >= 15 is 0 Å². The lowest BCUT2D eigenvalue weighted by molar-refractivity contribution is 0.408. The summed E-state index contributed by atoms with van der Waals surface area (Å²) in [7, 11) is 2.85. The van der Waals surface area contributed by atoms with Crippen LogP contribution in [0.1, 0.15) is 66.2 Å². The largest absolute Gasteiger partial charge is 0.137 e. The van der Waals surface area contributed by atoms with Crippen molar-refractivity contribution in [2.75, 3.05) is 6.16 Å². The van der Waals surface area contributed by atoms with Gasteiger partial charge in [-0.2, -0.15) is 0 Å². The van der Waals surface area contributed by atoms with Gasteiger partial charge in [-0.05, 0) is 23.9 Å². The molecule has 0 bridgehead atoms. The van der Waals surface area contributed by atoms with E-state index < -0.39 is 0 Å². The molecule has 0 radical (unpaired) electrons. The van der Waals surface area contributed by atoms with Crippen LogP contribution in [0.5, 0.6) is 0 Å². The first-order valence-electron chi connectivity index (χ1n) is 6.76. The molecule has 0 aromatic carbocycles. The fourth-order valence-corrected chi connectivity index (χ4v) is 2.19. The third kappa shape index (κ3) is 10.7. The van der Waals surface area contributed by atoms with Crippen LogP contribution in [-0.4, -0.2) is 6.16 Å². The van der Waals surface area contributed by atoms with Crippen molar-refractivity contribution in [1.29, 1.82) is 0 Å². The molecule has 0 rings (SSSR count). The van der Waals surface area contributed by atoms with Gasteiger partial charge in [0.05, 0.1) is 0 Å². The zero-order chi connectivity index (χ0) is 11.7.